The third-order valence-electron chi connectivity index (χ3n) is 3.43. The van der Waals surface area contributed by atoms with Gasteiger partial charge in [-0.15, -0.1) is 11.3 Å². The number of thiophene rings is 1. The lowest BCUT2D eigenvalue weighted by Crippen LogP contribution is -2.29. The molecule has 1 aromatic carbocycles. The summed E-state index contributed by atoms with van der Waals surface area (Å²) in [5, 5.41) is 12.1. The van der Waals surface area contributed by atoms with Crippen LogP contribution in [-0.2, 0) is 24.2 Å². The fourth-order valence-corrected chi connectivity index (χ4v) is 3.46. The smallest absolute Gasteiger partial charge is 0.308 e. The van der Waals surface area contributed by atoms with Gasteiger partial charge in [0, 0.05) is 29.3 Å². The van der Waals surface area contributed by atoms with Crippen LogP contribution >= 0.6 is 11.3 Å². The molecule has 21 heavy (non-hydrogen) atoms. The number of nitrogens with one attached hydrogen (secondary N) is 1. The Labute approximate surface area is 127 Å². The van der Waals surface area contributed by atoms with Crippen LogP contribution in [0.5, 0.6) is 5.75 Å². The van der Waals surface area contributed by atoms with Crippen molar-refractivity contribution in [1.82, 2.24) is 5.32 Å². The highest BCUT2D eigenvalue weighted by Crippen LogP contribution is 2.27. The molecular weight excluding hydrogens is 286 g/mol. The fourth-order valence-electron chi connectivity index (χ4n) is 2.49. The van der Waals surface area contributed by atoms with E-state index in [1.54, 1.807) is 11.3 Å². The van der Waals surface area contributed by atoms with Gasteiger partial charge in [-0.25, -0.2) is 0 Å². The molecule has 1 aliphatic heterocycles. The number of carbonyl (C=O) groups is 1. The van der Waals surface area contributed by atoms with E-state index in [4.69, 9.17) is 9.84 Å². The van der Waals surface area contributed by atoms with Gasteiger partial charge < -0.3 is 15.2 Å². The highest BCUT2D eigenvalue weighted by molar-refractivity contribution is 7.12. The van der Waals surface area contributed by atoms with E-state index >= 15 is 0 Å². The number of hydrogen-bond acceptors (Lipinski definition) is 4. The second-order valence-electron chi connectivity index (χ2n) is 5.12. The van der Waals surface area contributed by atoms with Gasteiger partial charge in [0.15, 0.2) is 0 Å². The molecule has 0 bridgehead atoms. The van der Waals surface area contributed by atoms with Crippen LogP contribution in [0, 0.1) is 0 Å². The molecule has 0 spiro atoms. The molecule has 0 fully saturated rings. The van der Waals surface area contributed by atoms with Crippen LogP contribution in [0.15, 0.2) is 36.4 Å². The van der Waals surface area contributed by atoms with Gasteiger partial charge >= 0.3 is 5.97 Å². The van der Waals surface area contributed by atoms with Crippen molar-refractivity contribution in [3.63, 3.8) is 0 Å². The standard InChI is InChI=1S/C16H17NO3S/c18-16(19)8-13-5-6-14(21-13)10-17-9-12-7-11-3-1-2-4-15(11)20-12/h1-6,12,17H,7-10H2,(H,18,19). The van der Waals surface area contributed by atoms with Crippen LogP contribution in [0.25, 0.3) is 0 Å². The molecule has 1 aromatic heterocycles. The molecule has 1 aliphatic rings. The summed E-state index contributed by atoms with van der Waals surface area (Å²) in [6.45, 7) is 1.54. The summed E-state index contributed by atoms with van der Waals surface area (Å²) in [4.78, 5) is 12.7. The first-order valence-corrected chi connectivity index (χ1v) is 7.77. The maximum absolute atomic E-state index is 10.6. The number of fused-ring (bicyclic) bond motifs is 1. The van der Waals surface area contributed by atoms with E-state index in [1.807, 2.05) is 30.3 Å². The number of aliphatic carboxylic acids is 1. The van der Waals surface area contributed by atoms with Crippen molar-refractivity contribution in [3.05, 3.63) is 51.7 Å². The van der Waals surface area contributed by atoms with Crippen LogP contribution in [0.1, 0.15) is 15.3 Å². The van der Waals surface area contributed by atoms with Crippen LogP contribution in [0.3, 0.4) is 0 Å². The highest BCUT2D eigenvalue weighted by Gasteiger charge is 2.21. The minimum atomic E-state index is -0.784. The number of hydrogen-bond donors (Lipinski definition) is 2. The average molecular weight is 303 g/mol. The molecule has 2 aromatic rings. The van der Waals surface area contributed by atoms with E-state index in [1.165, 1.54) is 5.56 Å². The van der Waals surface area contributed by atoms with Crippen molar-refractivity contribution in [2.45, 2.75) is 25.5 Å². The Balaban J connectivity index is 1.45. The zero-order valence-electron chi connectivity index (χ0n) is 11.5. The topological polar surface area (TPSA) is 58.6 Å². The van der Waals surface area contributed by atoms with Crippen molar-refractivity contribution >= 4 is 17.3 Å². The molecule has 5 heteroatoms. The summed E-state index contributed by atoms with van der Waals surface area (Å²) in [6.07, 6.45) is 1.23. The van der Waals surface area contributed by atoms with E-state index in [9.17, 15) is 4.79 Å². The van der Waals surface area contributed by atoms with E-state index in [0.717, 1.165) is 35.0 Å². The first kappa shape index (κ1) is 14.1. The number of para-hydroxylation sites is 1. The van der Waals surface area contributed by atoms with Gasteiger partial charge in [-0.05, 0) is 23.8 Å². The maximum atomic E-state index is 10.6. The number of carboxylic acid groups (broad SMARTS) is 1. The molecule has 1 atom stereocenters. The lowest BCUT2D eigenvalue weighted by atomic mass is 10.1. The van der Waals surface area contributed by atoms with E-state index in [2.05, 4.69) is 11.4 Å². The van der Waals surface area contributed by atoms with Crippen molar-refractivity contribution in [2.24, 2.45) is 0 Å². The third-order valence-corrected chi connectivity index (χ3v) is 4.51. The monoisotopic (exact) mass is 303 g/mol. The molecular formula is C16H17NO3S. The lowest BCUT2D eigenvalue weighted by molar-refractivity contribution is -0.136. The summed E-state index contributed by atoms with van der Waals surface area (Å²) < 4.78 is 5.87. The van der Waals surface area contributed by atoms with Crippen molar-refractivity contribution in [1.29, 1.82) is 0 Å². The minimum absolute atomic E-state index is 0.103. The van der Waals surface area contributed by atoms with E-state index in [-0.39, 0.29) is 12.5 Å². The molecule has 0 saturated carbocycles. The second-order valence-corrected chi connectivity index (χ2v) is 6.37. The molecule has 0 radical (unpaired) electrons. The quantitative estimate of drug-likeness (QED) is 0.861. The summed E-state index contributed by atoms with van der Waals surface area (Å²) in [5.41, 5.74) is 1.27. The SMILES string of the molecule is O=C(O)Cc1ccc(CNCC2Cc3ccccc3O2)s1. The predicted molar refractivity (Wildman–Crippen MR) is 81.9 cm³/mol. The Hall–Kier alpha value is -1.85. The van der Waals surface area contributed by atoms with E-state index < -0.39 is 5.97 Å². The fraction of sp³-hybridized carbons (Fsp3) is 0.312. The minimum Gasteiger partial charge on any atom is -0.488 e. The van der Waals surface area contributed by atoms with Crippen LogP contribution in [-0.4, -0.2) is 23.7 Å². The normalized spacial score (nSPS) is 16.5. The Morgan fingerprint density at radius 2 is 2.10 bits per heavy atom. The molecule has 4 nitrogen and oxygen atoms in total. The van der Waals surface area contributed by atoms with Crippen molar-refractivity contribution in [3.8, 4) is 5.75 Å². The zero-order valence-corrected chi connectivity index (χ0v) is 12.4. The number of rotatable bonds is 6. The van der Waals surface area contributed by atoms with Gasteiger partial charge in [0.2, 0.25) is 0 Å². The molecule has 0 amide bonds. The van der Waals surface area contributed by atoms with Crippen LogP contribution in [0.2, 0.25) is 0 Å². The number of ether oxygens (including phenoxy) is 1. The summed E-state index contributed by atoms with van der Waals surface area (Å²) in [5.74, 6) is 0.206. The summed E-state index contributed by atoms with van der Waals surface area (Å²) >= 11 is 1.55. The summed E-state index contributed by atoms with van der Waals surface area (Å²) in [7, 11) is 0. The van der Waals surface area contributed by atoms with Crippen molar-refractivity contribution in [2.75, 3.05) is 6.54 Å². The first-order chi connectivity index (χ1) is 10.2. The molecule has 1 unspecified atom stereocenters. The van der Waals surface area contributed by atoms with Crippen LogP contribution in [0.4, 0.5) is 0 Å². The average Bonchev–Trinajstić information content (AvgIpc) is 3.04. The Bertz CT molecular complexity index is 613. The van der Waals surface area contributed by atoms with Gasteiger partial charge in [-0.2, -0.15) is 0 Å². The Morgan fingerprint density at radius 1 is 1.29 bits per heavy atom. The molecule has 2 N–H and O–H groups in total. The zero-order chi connectivity index (χ0) is 14.7. The second kappa shape index (κ2) is 6.28. The molecule has 3 rings (SSSR count). The number of benzene rings is 1. The maximum Gasteiger partial charge on any atom is 0.308 e. The van der Waals surface area contributed by atoms with Crippen molar-refractivity contribution < 1.29 is 14.6 Å². The number of carboxylic acids is 1. The molecule has 0 aliphatic carbocycles. The van der Waals surface area contributed by atoms with E-state index in [0.29, 0.717) is 0 Å². The Morgan fingerprint density at radius 3 is 2.90 bits per heavy atom. The van der Waals surface area contributed by atoms with Crippen LogP contribution < -0.4 is 10.1 Å². The lowest BCUT2D eigenvalue weighted by Gasteiger charge is -2.11. The molecule has 0 saturated heterocycles. The van der Waals surface area contributed by atoms with Gasteiger partial charge in [0.1, 0.15) is 11.9 Å². The molecule has 110 valence electrons. The Kier molecular flexibility index (Phi) is 4.22. The summed E-state index contributed by atoms with van der Waals surface area (Å²) in [6, 6.07) is 12.0. The van der Waals surface area contributed by atoms with Gasteiger partial charge in [0.25, 0.3) is 0 Å². The molecule has 2 heterocycles. The predicted octanol–water partition coefficient (Wildman–Crippen LogP) is 2.47. The van der Waals surface area contributed by atoms with Gasteiger partial charge in [0.05, 0.1) is 6.42 Å². The highest BCUT2D eigenvalue weighted by atomic mass is 32.1. The first-order valence-electron chi connectivity index (χ1n) is 6.95. The van der Waals surface area contributed by atoms with Gasteiger partial charge in [-0.3, -0.25) is 4.79 Å². The third kappa shape index (κ3) is 3.62. The van der Waals surface area contributed by atoms with Gasteiger partial charge in [-0.1, -0.05) is 18.2 Å². The largest absolute Gasteiger partial charge is 0.488 e.